The Kier molecular flexibility index (Phi) is 3.36. The van der Waals surface area contributed by atoms with Gasteiger partial charge in [-0.05, 0) is 25.5 Å². The summed E-state index contributed by atoms with van der Waals surface area (Å²) in [5, 5.41) is 17.2. The van der Waals surface area contributed by atoms with Crippen LogP contribution < -0.4 is 0 Å². The average Bonchev–Trinajstić information content (AvgIpc) is 2.87. The minimum absolute atomic E-state index is 0.553. The van der Waals surface area contributed by atoms with Gasteiger partial charge in [-0.25, -0.2) is 4.68 Å². The van der Waals surface area contributed by atoms with Crippen molar-refractivity contribution in [2.24, 2.45) is 0 Å². The van der Waals surface area contributed by atoms with E-state index in [0.29, 0.717) is 5.69 Å². The van der Waals surface area contributed by atoms with Gasteiger partial charge in [0.25, 0.3) is 0 Å². The Balaban J connectivity index is 2.08. The summed E-state index contributed by atoms with van der Waals surface area (Å²) in [6.45, 7) is 4.57. The highest BCUT2D eigenvalue weighted by molar-refractivity contribution is 7.11. The molecule has 2 heterocycles. The molecular weight excluding hydrogens is 222 g/mol. The van der Waals surface area contributed by atoms with E-state index in [1.807, 2.05) is 0 Å². The highest BCUT2D eigenvalue weighted by Crippen LogP contribution is 2.18. The van der Waals surface area contributed by atoms with E-state index in [-0.39, 0.29) is 0 Å². The van der Waals surface area contributed by atoms with Crippen LogP contribution in [0, 0.1) is 0 Å². The molecule has 86 valence electrons. The van der Waals surface area contributed by atoms with Crippen molar-refractivity contribution in [3.8, 4) is 0 Å². The van der Waals surface area contributed by atoms with Crippen LogP contribution in [0.15, 0.2) is 18.3 Å². The van der Waals surface area contributed by atoms with E-state index in [1.165, 1.54) is 9.75 Å². The highest BCUT2D eigenvalue weighted by atomic mass is 32.1. The second kappa shape index (κ2) is 4.76. The zero-order valence-electron chi connectivity index (χ0n) is 9.42. The minimum atomic E-state index is -0.553. The Labute approximate surface area is 98.5 Å². The van der Waals surface area contributed by atoms with E-state index >= 15 is 0 Å². The first kappa shape index (κ1) is 11.3. The fourth-order valence-corrected chi connectivity index (χ4v) is 2.39. The standard InChI is InChI=1S/C11H15N3OS/c1-3-9-4-5-10(16-9)6-14-7-11(8(2)15)12-13-14/h4-5,7-8,15H,3,6H2,1-2H3. The second-order valence-electron chi connectivity index (χ2n) is 3.74. The van der Waals surface area contributed by atoms with Crippen molar-refractivity contribution in [2.45, 2.75) is 32.9 Å². The summed E-state index contributed by atoms with van der Waals surface area (Å²) in [7, 11) is 0. The van der Waals surface area contributed by atoms with Crippen LogP contribution in [0.4, 0.5) is 0 Å². The molecule has 0 spiro atoms. The van der Waals surface area contributed by atoms with Crippen molar-refractivity contribution in [3.05, 3.63) is 33.8 Å². The number of nitrogens with zero attached hydrogens (tertiary/aromatic N) is 3. The van der Waals surface area contributed by atoms with E-state index < -0.39 is 6.10 Å². The molecule has 0 saturated carbocycles. The number of aliphatic hydroxyl groups is 1. The van der Waals surface area contributed by atoms with E-state index in [1.54, 1.807) is 29.1 Å². The fourth-order valence-electron chi connectivity index (χ4n) is 1.44. The Bertz CT molecular complexity index is 461. The third-order valence-electron chi connectivity index (χ3n) is 2.37. The molecule has 4 nitrogen and oxygen atoms in total. The summed E-state index contributed by atoms with van der Waals surface area (Å²) in [5.41, 5.74) is 0.618. The summed E-state index contributed by atoms with van der Waals surface area (Å²) >= 11 is 1.79. The number of aryl methyl sites for hydroxylation is 1. The van der Waals surface area contributed by atoms with Crippen LogP contribution in [0.2, 0.25) is 0 Å². The zero-order chi connectivity index (χ0) is 11.5. The predicted octanol–water partition coefficient (Wildman–Crippen LogP) is 2.00. The van der Waals surface area contributed by atoms with Gasteiger partial charge >= 0.3 is 0 Å². The average molecular weight is 237 g/mol. The van der Waals surface area contributed by atoms with Gasteiger partial charge in [-0.1, -0.05) is 12.1 Å². The molecule has 0 aromatic carbocycles. The fraction of sp³-hybridized carbons (Fsp3) is 0.455. The van der Waals surface area contributed by atoms with E-state index in [2.05, 4.69) is 29.4 Å². The minimum Gasteiger partial charge on any atom is -0.387 e. The highest BCUT2D eigenvalue weighted by Gasteiger charge is 2.07. The normalized spacial score (nSPS) is 12.9. The topological polar surface area (TPSA) is 50.9 Å². The molecule has 0 fully saturated rings. The van der Waals surface area contributed by atoms with Gasteiger partial charge in [0, 0.05) is 9.75 Å². The van der Waals surface area contributed by atoms with Crippen molar-refractivity contribution in [1.29, 1.82) is 0 Å². The van der Waals surface area contributed by atoms with Gasteiger partial charge in [-0.3, -0.25) is 0 Å². The Morgan fingerprint density at radius 2 is 2.19 bits per heavy atom. The number of aromatic nitrogens is 3. The lowest BCUT2D eigenvalue weighted by Gasteiger charge is -1.97. The van der Waals surface area contributed by atoms with E-state index in [0.717, 1.165) is 13.0 Å². The van der Waals surface area contributed by atoms with Gasteiger partial charge in [-0.2, -0.15) is 0 Å². The molecule has 0 aliphatic rings. The Morgan fingerprint density at radius 3 is 2.75 bits per heavy atom. The van der Waals surface area contributed by atoms with Crippen molar-refractivity contribution in [2.75, 3.05) is 0 Å². The van der Waals surface area contributed by atoms with E-state index in [9.17, 15) is 5.11 Å². The molecule has 16 heavy (non-hydrogen) atoms. The Morgan fingerprint density at radius 1 is 1.44 bits per heavy atom. The summed E-state index contributed by atoms with van der Waals surface area (Å²) < 4.78 is 1.76. The molecule has 1 atom stereocenters. The molecule has 1 unspecified atom stereocenters. The first-order valence-corrected chi connectivity index (χ1v) is 6.16. The summed E-state index contributed by atoms with van der Waals surface area (Å²) in [6.07, 6.45) is 2.31. The molecule has 0 aliphatic heterocycles. The second-order valence-corrected chi connectivity index (χ2v) is 4.99. The molecule has 0 bridgehead atoms. The number of rotatable bonds is 4. The molecule has 2 aromatic heterocycles. The summed E-state index contributed by atoms with van der Waals surface area (Å²) in [6, 6.07) is 4.26. The first-order chi connectivity index (χ1) is 7.69. The van der Waals surface area contributed by atoms with E-state index in [4.69, 9.17) is 0 Å². The molecule has 0 saturated heterocycles. The first-order valence-electron chi connectivity index (χ1n) is 5.34. The number of hydrogen-bond acceptors (Lipinski definition) is 4. The summed E-state index contributed by atoms with van der Waals surface area (Å²) in [4.78, 5) is 2.64. The lowest BCUT2D eigenvalue weighted by molar-refractivity contribution is 0.194. The molecule has 5 heteroatoms. The molecule has 1 N–H and O–H groups in total. The third kappa shape index (κ3) is 2.48. The molecular formula is C11H15N3OS. The monoisotopic (exact) mass is 237 g/mol. The largest absolute Gasteiger partial charge is 0.387 e. The van der Waals surface area contributed by atoms with Crippen LogP contribution in [0.25, 0.3) is 0 Å². The zero-order valence-corrected chi connectivity index (χ0v) is 10.2. The van der Waals surface area contributed by atoms with Crippen molar-refractivity contribution < 1.29 is 5.11 Å². The van der Waals surface area contributed by atoms with Gasteiger partial charge in [-0.15, -0.1) is 16.4 Å². The van der Waals surface area contributed by atoms with Crippen LogP contribution in [0.1, 0.15) is 35.4 Å². The van der Waals surface area contributed by atoms with Crippen molar-refractivity contribution in [3.63, 3.8) is 0 Å². The lowest BCUT2D eigenvalue weighted by atomic mass is 10.3. The molecule has 0 amide bonds. The third-order valence-corrected chi connectivity index (χ3v) is 3.58. The molecule has 0 aliphatic carbocycles. The predicted molar refractivity (Wildman–Crippen MR) is 63.5 cm³/mol. The van der Waals surface area contributed by atoms with Crippen LogP contribution >= 0.6 is 11.3 Å². The lowest BCUT2D eigenvalue weighted by Crippen LogP contribution is -1.98. The van der Waals surface area contributed by atoms with Crippen molar-refractivity contribution >= 4 is 11.3 Å². The van der Waals surface area contributed by atoms with Crippen LogP contribution in [-0.4, -0.2) is 20.1 Å². The van der Waals surface area contributed by atoms with Gasteiger partial charge in [0.2, 0.25) is 0 Å². The van der Waals surface area contributed by atoms with Gasteiger partial charge in [0.05, 0.1) is 18.8 Å². The van der Waals surface area contributed by atoms with Gasteiger partial charge < -0.3 is 5.11 Å². The number of thiophene rings is 1. The quantitative estimate of drug-likeness (QED) is 0.885. The van der Waals surface area contributed by atoms with Crippen LogP contribution in [0.3, 0.4) is 0 Å². The smallest absolute Gasteiger partial charge is 0.111 e. The summed E-state index contributed by atoms with van der Waals surface area (Å²) in [5.74, 6) is 0. The molecule has 2 aromatic rings. The maximum Gasteiger partial charge on any atom is 0.111 e. The molecule has 0 radical (unpaired) electrons. The van der Waals surface area contributed by atoms with Crippen LogP contribution in [-0.2, 0) is 13.0 Å². The van der Waals surface area contributed by atoms with Crippen LogP contribution in [0.5, 0.6) is 0 Å². The SMILES string of the molecule is CCc1ccc(Cn2cc(C(C)O)nn2)s1. The number of aliphatic hydroxyl groups excluding tert-OH is 1. The Hall–Kier alpha value is -1.20. The number of hydrogen-bond donors (Lipinski definition) is 1. The maximum atomic E-state index is 9.33. The van der Waals surface area contributed by atoms with Crippen molar-refractivity contribution in [1.82, 2.24) is 15.0 Å². The van der Waals surface area contributed by atoms with Gasteiger partial charge in [0.1, 0.15) is 5.69 Å². The van der Waals surface area contributed by atoms with Gasteiger partial charge in [0.15, 0.2) is 0 Å². The maximum absolute atomic E-state index is 9.33. The molecule has 2 rings (SSSR count).